The topological polar surface area (TPSA) is 60.2 Å². The van der Waals surface area contributed by atoms with Gasteiger partial charge in [-0.05, 0) is 37.1 Å². The second-order valence-electron chi connectivity index (χ2n) is 4.38. The SMILES string of the molecule is CNc1ccc(OCc2nc(C3CC3)no2)cc1. The van der Waals surface area contributed by atoms with Crippen LogP contribution in [-0.2, 0) is 6.61 Å². The van der Waals surface area contributed by atoms with E-state index in [4.69, 9.17) is 9.26 Å². The first kappa shape index (κ1) is 11.1. The molecule has 1 saturated carbocycles. The molecule has 0 saturated heterocycles. The molecule has 1 aliphatic carbocycles. The average Bonchev–Trinajstić information content (AvgIpc) is 3.16. The minimum absolute atomic E-state index is 0.318. The van der Waals surface area contributed by atoms with Crippen LogP contribution in [0.25, 0.3) is 0 Å². The summed E-state index contributed by atoms with van der Waals surface area (Å²) in [5.74, 6) is 2.66. The molecule has 3 rings (SSSR count). The monoisotopic (exact) mass is 245 g/mol. The molecule has 1 aromatic carbocycles. The molecule has 0 amide bonds. The van der Waals surface area contributed by atoms with Crippen molar-refractivity contribution in [1.29, 1.82) is 0 Å². The van der Waals surface area contributed by atoms with Gasteiger partial charge in [0.1, 0.15) is 5.75 Å². The van der Waals surface area contributed by atoms with E-state index < -0.39 is 0 Å². The fourth-order valence-electron chi connectivity index (χ4n) is 1.70. The predicted octanol–water partition coefficient (Wildman–Crippen LogP) is 2.57. The van der Waals surface area contributed by atoms with E-state index >= 15 is 0 Å². The van der Waals surface area contributed by atoms with E-state index in [9.17, 15) is 0 Å². The Labute approximate surface area is 105 Å². The van der Waals surface area contributed by atoms with Crippen molar-refractivity contribution in [3.63, 3.8) is 0 Å². The molecule has 0 aliphatic heterocycles. The number of hydrogen-bond donors (Lipinski definition) is 1. The number of benzene rings is 1. The molecule has 1 aliphatic rings. The third-order valence-corrected chi connectivity index (χ3v) is 2.93. The molecule has 0 spiro atoms. The second-order valence-corrected chi connectivity index (χ2v) is 4.38. The van der Waals surface area contributed by atoms with Crippen molar-refractivity contribution in [1.82, 2.24) is 10.1 Å². The number of anilines is 1. The first-order valence-electron chi connectivity index (χ1n) is 6.08. The maximum absolute atomic E-state index is 5.58. The fourth-order valence-corrected chi connectivity index (χ4v) is 1.70. The highest BCUT2D eigenvalue weighted by Gasteiger charge is 2.28. The van der Waals surface area contributed by atoms with Gasteiger partial charge in [0, 0.05) is 18.7 Å². The van der Waals surface area contributed by atoms with Gasteiger partial charge in [-0.15, -0.1) is 0 Å². The zero-order valence-electron chi connectivity index (χ0n) is 10.2. The summed E-state index contributed by atoms with van der Waals surface area (Å²) in [5.41, 5.74) is 1.05. The average molecular weight is 245 g/mol. The highest BCUT2D eigenvalue weighted by molar-refractivity contribution is 5.45. The Morgan fingerprint density at radius 1 is 1.33 bits per heavy atom. The number of rotatable bonds is 5. The van der Waals surface area contributed by atoms with Crippen LogP contribution in [0.4, 0.5) is 5.69 Å². The number of nitrogens with zero attached hydrogens (tertiary/aromatic N) is 2. The van der Waals surface area contributed by atoms with Gasteiger partial charge in [-0.3, -0.25) is 0 Å². The second kappa shape index (κ2) is 4.68. The van der Waals surface area contributed by atoms with Crippen molar-refractivity contribution >= 4 is 5.69 Å². The minimum atomic E-state index is 0.318. The van der Waals surface area contributed by atoms with E-state index in [0.29, 0.717) is 18.4 Å². The summed E-state index contributed by atoms with van der Waals surface area (Å²) >= 11 is 0. The standard InChI is InChI=1S/C13H15N3O2/c1-14-10-4-6-11(7-5-10)17-8-12-15-13(16-18-12)9-2-3-9/h4-7,9,14H,2-3,8H2,1H3. The van der Waals surface area contributed by atoms with E-state index in [0.717, 1.165) is 17.3 Å². The number of nitrogens with one attached hydrogen (secondary N) is 1. The van der Waals surface area contributed by atoms with E-state index in [1.165, 1.54) is 12.8 Å². The molecule has 1 fully saturated rings. The van der Waals surface area contributed by atoms with Crippen LogP contribution in [-0.4, -0.2) is 17.2 Å². The largest absolute Gasteiger partial charge is 0.484 e. The van der Waals surface area contributed by atoms with Gasteiger partial charge < -0.3 is 14.6 Å². The van der Waals surface area contributed by atoms with Gasteiger partial charge in [0.2, 0.25) is 0 Å². The fraction of sp³-hybridized carbons (Fsp3) is 0.385. The third-order valence-electron chi connectivity index (χ3n) is 2.93. The molecule has 1 N–H and O–H groups in total. The van der Waals surface area contributed by atoms with E-state index in [-0.39, 0.29) is 0 Å². The highest BCUT2D eigenvalue weighted by atomic mass is 16.5. The Kier molecular flexibility index (Phi) is 2.88. The molecule has 0 radical (unpaired) electrons. The van der Waals surface area contributed by atoms with Crippen LogP contribution < -0.4 is 10.1 Å². The van der Waals surface area contributed by atoms with Crippen LogP contribution in [0.2, 0.25) is 0 Å². The Morgan fingerprint density at radius 2 is 2.11 bits per heavy atom. The summed E-state index contributed by atoms with van der Waals surface area (Å²) in [6.07, 6.45) is 2.34. The zero-order chi connectivity index (χ0) is 12.4. The first-order valence-corrected chi connectivity index (χ1v) is 6.08. The summed E-state index contributed by atoms with van der Waals surface area (Å²) in [6.45, 7) is 0.318. The molecule has 5 nitrogen and oxygen atoms in total. The van der Waals surface area contributed by atoms with Crippen molar-refractivity contribution in [2.24, 2.45) is 0 Å². The Bertz CT molecular complexity index is 517. The summed E-state index contributed by atoms with van der Waals surface area (Å²) in [4.78, 5) is 4.31. The lowest BCUT2D eigenvalue weighted by molar-refractivity contribution is 0.242. The van der Waals surface area contributed by atoms with Gasteiger partial charge in [0.15, 0.2) is 12.4 Å². The number of hydrogen-bond acceptors (Lipinski definition) is 5. The van der Waals surface area contributed by atoms with Crippen molar-refractivity contribution < 1.29 is 9.26 Å². The maximum Gasteiger partial charge on any atom is 0.264 e. The van der Waals surface area contributed by atoms with E-state index in [1.54, 1.807) is 0 Å². The normalized spacial score (nSPS) is 14.5. The van der Waals surface area contributed by atoms with Crippen LogP contribution >= 0.6 is 0 Å². The predicted molar refractivity (Wildman–Crippen MR) is 66.6 cm³/mol. The van der Waals surface area contributed by atoms with E-state index in [1.807, 2.05) is 31.3 Å². The van der Waals surface area contributed by atoms with Crippen LogP contribution in [0.3, 0.4) is 0 Å². The molecular formula is C13H15N3O2. The molecule has 1 aromatic heterocycles. The van der Waals surface area contributed by atoms with Crippen molar-refractivity contribution in [3.05, 3.63) is 36.0 Å². The van der Waals surface area contributed by atoms with Crippen LogP contribution in [0.15, 0.2) is 28.8 Å². The zero-order valence-corrected chi connectivity index (χ0v) is 10.2. The minimum Gasteiger partial charge on any atom is -0.484 e. The molecule has 18 heavy (non-hydrogen) atoms. The van der Waals surface area contributed by atoms with Gasteiger partial charge >= 0.3 is 0 Å². The van der Waals surface area contributed by atoms with Crippen LogP contribution in [0.5, 0.6) is 5.75 Å². The Balaban J connectivity index is 1.58. The molecule has 1 heterocycles. The smallest absolute Gasteiger partial charge is 0.264 e. The third kappa shape index (κ3) is 2.45. The molecule has 0 bridgehead atoms. The van der Waals surface area contributed by atoms with Crippen molar-refractivity contribution in [2.75, 3.05) is 12.4 Å². The summed E-state index contributed by atoms with van der Waals surface area (Å²) < 4.78 is 10.7. The molecular weight excluding hydrogens is 230 g/mol. The highest BCUT2D eigenvalue weighted by Crippen LogP contribution is 2.38. The molecule has 2 aromatic rings. The van der Waals surface area contributed by atoms with E-state index in [2.05, 4.69) is 15.5 Å². The number of ether oxygens (including phenoxy) is 1. The lowest BCUT2D eigenvalue weighted by Crippen LogP contribution is -1.96. The quantitative estimate of drug-likeness (QED) is 0.877. The Hall–Kier alpha value is -2.04. The number of aromatic nitrogens is 2. The van der Waals surface area contributed by atoms with Crippen molar-refractivity contribution in [3.8, 4) is 5.75 Å². The molecule has 0 unspecified atom stereocenters. The molecule has 0 atom stereocenters. The summed E-state index contributed by atoms with van der Waals surface area (Å²) in [5, 5.41) is 7.00. The molecule has 5 heteroatoms. The summed E-state index contributed by atoms with van der Waals surface area (Å²) in [7, 11) is 1.88. The first-order chi connectivity index (χ1) is 8.85. The lowest BCUT2D eigenvalue weighted by Gasteiger charge is -2.04. The summed E-state index contributed by atoms with van der Waals surface area (Å²) in [6, 6.07) is 7.73. The molecule has 94 valence electrons. The van der Waals surface area contributed by atoms with Crippen LogP contribution in [0.1, 0.15) is 30.5 Å². The van der Waals surface area contributed by atoms with Crippen LogP contribution in [0, 0.1) is 0 Å². The van der Waals surface area contributed by atoms with Gasteiger partial charge in [0.05, 0.1) is 0 Å². The van der Waals surface area contributed by atoms with Gasteiger partial charge in [-0.25, -0.2) is 0 Å². The van der Waals surface area contributed by atoms with Gasteiger partial charge in [-0.1, -0.05) is 5.16 Å². The van der Waals surface area contributed by atoms with Crippen molar-refractivity contribution in [2.45, 2.75) is 25.4 Å². The van der Waals surface area contributed by atoms with Gasteiger partial charge in [-0.2, -0.15) is 4.98 Å². The Morgan fingerprint density at radius 3 is 2.78 bits per heavy atom. The maximum atomic E-state index is 5.58. The lowest BCUT2D eigenvalue weighted by atomic mass is 10.3. The van der Waals surface area contributed by atoms with Gasteiger partial charge in [0.25, 0.3) is 5.89 Å².